The summed E-state index contributed by atoms with van der Waals surface area (Å²) in [5.41, 5.74) is 4.35. The summed E-state index contributed by atoms with van der Waals surface area (Å²) in [6, 6.07) is 2.83. The van der Waals surface area contributed by atoms with E-state index in [-0.39, 0.29) is 62.6 Å². The summed E-state index contributed by atoms with van der Waals surface area (Å²) in [6.45, 7) is -5.15. The predicted octanol–water partition coefficient (Wildman–Crippen LogP) is -2.05. The molecule has 0 fully saturated rings. The predicted molar refractivity (Wildman–Crippen MR) is 50.9 cm³/mol. The molecule has 82 valence electrons. The number of nitrogens with two attached hydrogens (primary N) is 1. The van der Waals surface area contributed by atoms with Crippen LogP contribution in [-0.4, -0.2) is 18.1 Å². The molecule has 0 saturated carbocycles. The van der Waals surface area contributed by atoms with Gasteiger partial charge in [0.2, 0.25) is 0 Å². The van der Waals surface area contributed by atoms with E-state index < -0.39 is 24.8 Å². The quantitative estimate of drug-likeness (QED) is 0.484. The molecule has 0 heterocycles. The summed E-state index contributed by atoms with van der Waals surface area (Å²) >= 11 is 0. The molecule has 0 aromatic heterocycles. The largest absolute Gasteiger partial charge is 1.00 e. The number of hydrogen-bond acceptors (Lipinski definition) is 2. The van der Waals surface area contributed by atoms with E-state index in [1.165, 1.54) is 6.07 Å². The first-order valence-corrected chi connectivity index (χ1v) is 4.10. The number of anilines is 1. The first kappa shape index (κ1) is 16.0. The Kier molecular flexibility index (Phi) is 6.05. The van der Waals surface area contributed by atoms with Crippen LogP contribution in [0.5, 0.6) is 0 Å². The maximum Gasteiger partial charge on any atom is 1.00 e. The summed E-state index contributed by atoms with van der Waals surface area (Å²) in [5, 5.41) is 8.43. The van der Waals surface area contributed by atoms with Crippen molar-refractivity contribution in [1.82, 2.24) is 0 Å². The number of carboxylic acid groups (broad SMARTS) is 1. The van der Waals surface area contributed by atoms with Gasteiger partial charge >= 0.3 is 64.3 Å². The summed E-state index contributed by atoms with van der Waals surface area (Å²) in [4.78, 5) is 10.3. The fraction of sp³-hybridized carbons (Fsp3) is 0.125. The zero-order chi connectivity index (χ0) is 11.6. The van der Waals surface area contributed by atoms with Crippen molar-refractivity contribution in [2.24, 2.45) is 0 Å². The molecule has 16 heavy (non-hydrogen) atoms. The van der Waals surface area contributed by atoms with Crippen molar-refractivity contribution in [2.45, 2.75) is 6.42 Å². The number of carbonyl (C=O) groups is 1. The third-order valence-electron chi connectivity index (χ3n) is 1.77. The molecule has 1 rings (SSSR count). The zero-order valence-electron chi connectivity index (χ0n) is 8.58. The summed E-state index contributed by atoms with van der Waals surface area (Å²) in [5.74, 6) is -1.19. The molecule has 0 aliphatic heterocycles. The van der Waals surface area contributed by atoms with E-state index >= 15 is 0 Å². The molecule has 0 aliphatic rings. The summed E-state index contributed by atoms with van der Waals surface area (Å²) in [6.07, 6.45) is -0.468. The molecule has 3 N–H and O–H groups in total. The van der Waals surface area contributed by atoms with E-state index in [0.717, 1.165) is 12.1 Å². The van der Waals surface area contributed by atoms with Gasteiger partial charge in [-0.15, -0.1) is 5.46 Å². The van der Waals surface area contributed by atoms with Gasteiger partial charge in [0.25, 0.3) is 0 Å². The number of nitrogen functional groups attached to an aromatic ring is 1. The Balaban J connectivity index is 0.00000225. The molecule has 0 aliphatic carbocycles. The van der Waals surface area contributed by atoms with E-state index in [9.17, 15) is 17.7 Å². The van der Waals surface area contributed by atoms with Crippen LogP contribution in [-0.2, 0) is 11.2 Å². The number of rotatable bonds is 3. The van der Waals surface area contributed by atoms with Crippen LogP contribution >= 0.6 is 0 Å². The fourth-order valence-corrected chi connectivity index (χ4v) is 1.21. The molecule has 0 bridgehead atoms. The standard InChI is InChI=1S/C8H8BF3NO2.K/c10-9(11,12)6-1-5(3-8(14)15)2-7(13)4-6;/h1-2,4H,3,13H2,(H,14,15);/q-1;+1. The average Bonchev–Trinajstić information content (AvgIpc) is 1.99. The van der Waals surface area contributed by atoms with Gasteiger partial charge in [0.15, 0.2) is 0 Å². The normalized spacial score (nSPS) is 10.7. The van der Waals surface area contributed by atoms with Gasteiger partial charge in [-0.3, -0.25) is 4.79 Å². The first-order chi connectivity index (χ1) is 6.79. The summed E-state index contributed by atoms with van der Waals surface area (Å²) < 4.78 is 37.0. The van der Waals surface area contributed by atoms with E-state index in [4.69, 9.17) is 10.8 Å². The van der Waals surface area contributed by atoms with E-state index in [1.54, 1.807) is 0 Å². The van der Waals surface area contributed by atoms with Crippen molar-refractivity contribution < 1.29 is 74.2 Å². The van der Waals surface area contributed by atoms with Crippen LogP contribution in [0.1, 0.15) is 5.56 Å². The minimum atomic E-state index is -5.15. The molecule has 0 spiro atoms. The number of aliphatic carboxylic acids is 1. The molecule has 0 amide bonds. The van der Waals surface area contributed by atoms with Crippen molar-refractivity contribution in [3.63, 3.8) is 0 Å². The van der Waals surface area contributed by atoms with Crippen LogP contribution in [0.4, 0.5) is 18.6 Å². The van der Waals surface area contributed by atoms with Crippen LogP contribution in [0.15, 0.2) is 18.2 Å². The average molecular weight is 257 g/mol. The van der Waals surface area contributed by atoms with Crippen LogP contribution in [0.25, 0.3) is 0 Å². The SMILES string of the molecule is Nc1cc(CC(=O)O)cc([B-](F)(F)F)c1.[K+]. The Morgan fingerprint density at radius 2 is 1.88 bits per heavy atom. The third kappa shape index (κ3) is 4.88. The Morgan fingerprint density at radius 1 is 1.31 bits per heavy atom. The number of hydrogen-bond donors (Lipinski definition) is 2. The van der Waals surface area contributed by atoms with Crippen molar-refractivity contribution >= 4 is 24.1 Å². The molecular weight excluding hydrogens is 249 g/mol. The maximum absolute atomic E-state index is 12.3. The summed E-state index contributed by atoms with van der Waals surface area (Å²) in [7, 11) is 0. The van der Waals surface area contributed by atoms with Gasteiger partial charge in [0.05, 0.1) is 6.42 Å². The van der Waals surface area contributed by atoms with Crippen LogP contribution < -0.4 is 62.6 Å². The zero-order valence-corrected chi connectivity index (χ0v) is 11.7. The molecule has 3 nitrogen and oxygen atoms in total. The molecule has 0 saturated heterocycles. The topological polar surface area (TPSA) is 63.3 Å². The van der Waals surface area contributed by atoms with Gasteiger partial charge in [-0.1, -0.05) is 12.1 Å². The molecule has 0 unspecified atom stereocenters. The molecule has 0 atom stereocenters. The van der Waals surface area contributed by atoms with Crippen LogP contribution in [0.3, 0.4) is 0 Å². The van der Waals surface area contributed by atoms with Crippen LogP contribution in [0, 0.1) is 0 Å². The molecule has 0 radical (unpaired) electrons. The van der Waals surface area contributed by atoms with Crippen LogP contribution in [0.2, 0.25) is 0 Å². The van der Waals surface area contributed by atoms with Gasteiger partial charge in [-0.05, 0) is 11.6 Å². The maximum atomic E-state index is 12.3. The Morgan fingerprint density at radius 3 is 2.31 bits per heavy atom. The van der Waals surface area contributed by atoms with E-state index in [0.29, 0.717) is 0 Å². The molecule has 1 aromatic rings. The van der Waals surface area contributed by atoms with Gasteiger partial charge in [0.1, 0.15) is 0 Å². The van der Waals surface area contributed by atoms with Crippen molar-refractivity contribution in [3.05, 3.63) is 23.8 Å². The molecular formula is C8H8BF3KNO2. The van der Waals surface area contributed by atoms with Crippen molar-refractivity contribution in [2.75, 3.05) is 5.73 Å². The van der Waals surface area contributed by atoms with Gasteiger partial charge < -0.3 is 23.8 Å². The fourth-order valence-electron chi connectivity index (χ4n) is 1.21. The smallest absolute Gasteiger partial charge is 0.481 e. The van der Waals surface area contributed by atoms with E-state index in [1.807, 2.05) is 0 Å². The second-order valence-electron chi connectivity index (χ2n) is 3.15. The number of halogens is 3. The Bertz CT molecular complexity index is 397. The Hall–Kier alpha value is -0.0187. The minimum Gasteiger partial charge on any atom is -0.481 e. The molecule has 1 aromatic carbocycles. The minimum absolute atomic E-state index is 0. The molecule has 8 heteroatoms. The van der Waals surface area contributed by atoms with Crippen molar-refractivity contribution in [3.8, 4) is 0 Å². The second-order valence-corrected chi connectivity index (χ2v) is 3.15. The number of benzene rings is 1. The monoisotopic (exact) mass is 257 g/mol. The second kappa shape index (κ2) is 6.06. The Labute approximate surface area is 133 Å². The first-order valence-electron chi connectivity index (χ1n) is 4.10. The van der Waals surface area contributed by atoms with E-state index in [2.05, 4.69) is 0 Å². The van der Waals surface area contributed by atoms with Gasteiger partial charge in [-0.25, -0.2) is 0 Å². The van der Waals surface area contributed by atoms with Gasteiger partial charge in [0, 0.05) is 5.69 Å². The van der Waals surface area contributed by atoms with Crippen molar-refractivity contribution in [1.29, 1.82) is 0 Å². The number of carboxylic acids is 1. The van der Waals surface area contributed by atoms with Gasteiger partial charge in [-0.2, -0.15) is 0 Å². The third-order valence-corrected chi connectivity index (χ3v) is 1.77.